The third-order valence-corrected chi connectivity index (χ3v) is 3.00. The number of hydrogen-bond acceptors (Lipinski definition) is 2. The van der Waals surface area contributed by atoms with Crippen LogP contribution in [-0.2, 0) is 11.2 Å². The van der Waals surface area contributed by atoms with Gasteiger partial charge in [0.15, 0.2) is 0 Å². The molecule has 104 valence electrons. The summed E-state index contributed by atoms with van der Waals surface area (Å²) >= 11 is 0. The SMILES string of the molecule is CCOc1ccc(CC)cc1/C(=C/CC(=O)O)CC. The van der Waals surface area contributed by atoms with Gasteiger partial charge in [-0.25, -0.2) is 0 Å². The molecule has 0 bridgehead atoms. The summed E-state index contributed by atoms with van der Waals surface area (Å²) in [5.74, 6) is 0.0220. The Morgan fingerprint density at radius 2 is 2.05 bits per heavy atom. The number of rotatable bonds is 7. The van der Waals surface area contributed by atoms with E-state index in [2.05, 4.69) is 19.1 Å². The second-order valence-electron chi connectivity index (χ2n) is 4.30. The van der Waals surface area contributed by atoms with E-state index in [-0.39, 0.29) is 6.42 Å². The molecule has 0 aliphatic rings. The Kier molecular flexibility index (Phi) is 6.13. The van der Waals surface area contributed by atoms with Gasteiger partial charge in [0.05, 0.1) is 13.0 Å². The standard InChI is InChI=1S/C16H22O3/c1-4-12-7-9-15(19-6-3)14(11-12)13(5-2)8-10-16(17)18/h7-9,11H,4-6,10H2,1-3H3,(H,17,18)/b13-8+. The Morgan fingerprint density at radius 3 is 2.58 bits per heavy atom. The molecule has 0 aromatic heterocycles. The summed E-state index contributed by atoms with van der Waals surface area (Å²) in [6, 6.07) is 6.13. The highest BCUT2D eigenvalue weighted by Crippen LogP contribution is 2.30. The second kappa shape index (κ2) is 7.62. The molecule has 0 unspecified atom stereocenters. The maximum Gasteiger partial charge on any atom is 0.307 e. The van der Waals surface area contributed by atoms with Crippen LogP contribution in [0.25, 0.3) is 5.57 Å². The van der Waals surface area contributed by atoms with E-state index in [9.17, 15) is 4.79 Å². The third-order valence-electron chi connectivity index (χ3n) is 3.00. The lowest BCUT2D eigenvalue weighted by molar-refractivity contribution is -0.135. The predicted octanol–water partition coefficient (Wildman–Crippen LogP) is 3.92. The van der Waals surface area contributed by atoms with E-state index in [0.717, 1.165) is 29.7 Å². The zero-order valence-corrected chi connectivity index (χ0v) is 11.9. The topological polar surface area (TPSA) is 46.5 Å². The zero-order chi connectivity index (χ0) is 14.3. The van der Waals surface area contributed by atoms with Crippen LogP contribution in [0.4, 0.5) is 0 Å². The molecule has 0 atom stereocenters. The summed E-state index contributed by atoms with van der Waals surface area (Å²) in [4.78, 5) is 10.7. The first kappa shape index (κ1) is 15.3. The van der Waals surface area contributed by atoms with E-state index in [1.165, 1.54) is 5.56 Å². The summed E-state index contributed by atoms with van der Waals surface area (Å²) < 4.78 is 5.64. The van der Waals surface area contributed by atoms with E-state index >= 15 is 0 Å². The first-order valence-corrected chi connectivity index (χ1v) is 6.79. The quantitative estimate of drug-likeness (QED) is 0.810. The number of hydrogen-bond donors (Lipinski definition) is 1. The molecule has 0 radical (unpaired) electrons. The minimum absolute atomic E-state index is 0.0467. The number of allylic oxidation sites excluding steroid dienone is 1. The Balaban J connectivity index is 3.18. The Labute approximate surface area is 114 Å². The van der Waals surface area contributed by atoms with Gasteiger partial charge in [-0.2, -0.15) is 0 Å². The van der Waals surface area contributed by atoms with Gasteiger partial charge in [0, 0.05) is 5.56 Å². The summed E-state index contributed by atoms with van der Waals surface area (Å²) in [7, 11) is 0. The summed E-state index contributed by atoms with van der Waals surface area (Å²) in [5, 5.41) is 8.80. The van der Waals surface area contributed by atoms with E-state index in [1.54, 1.807) is 6.08 Å². The van der Waals surface area contributed by atoms with E-state index in [1.807, 2.05) is 19.9 Å². The van der Waals surface area contributed by atoms with Gasteiger partial charge in [-0.3, -0.25) is 4.79 Å². The highest BCUT2D eigenvalue weighted by molar-refractivity contribution is 5.76. The van der Waals surface area contributed by atoms with Gasteiger partial charge in [-0.1, -0.05) is 26.0 Å². The molecule has 3 nitrogen and oxygen atoms in total. The number of carboxylic acid groups (broad SMARTS) is 1. The van der Waals surface area contributed by atoms with Crippen molar-refractivity contribution < 1.29 is 14.6 Å². The summed E-state index contributed by atoms with van der Waals surface area (Å²) in [5.41, 5.74) is 3.28. The number of carbonyl (C=O) groups is 1. The highest BCUT2D eigenvalue weighted by Gasteiger charge is 2.09. The lowest BCUT2D eigenvalue weighted by Crippen LogP contribution is -1.99. The van der Waals surface area contributed by atoms with Gasteiger partial charge in [-0.05, 0) is 43.0 Å². The average Bonchev–Trinajstić information content (AvgIpc) is 2.41. The lowest BCUT2D eigenvalue weighted by Gasteiger charge is -2.14. The number of aryl methyl sites for hydroxylation is 1. The van der Waals surface area contributed by atoms with Crippen molar-refractivity contribution in [2.75, 3.05) is 6.61 Å². The molecule has 0 aliphatic carbocycles. The van der Waals surface area contributed by atoms with E-state index < -0.39 is 5.97 Å². The van der Waals surface area contributed by atoms with Crippen molar-refractivity contribution in [1.29, 1.82) is 0 Å². The number of carboxylic acids is 1. The van der Waals surface area contributed by atoms with E-state index in [0.29, 0.717) is 6.61 Å². The number of benzene rings is 1. The van der Waals surface area contributed by atoms with Gasteiger partial charge < -0.3 is 9.84 Å². The van der Waals surface area contributed by atoms with Crippen LogP contribution in [-0.4, -0.2) is 17.7 Å². The molecule has 1 rings (SSSR count). The Hall–Kier alpha value is -1.77. The van der Waals surface area contributed by atoms with Gasteiger partial charge in [-0.15, -0.1) is 0 Å². The van der Waals surface area contributed by atoms with Crippen LogP contribution in [0.3, 0.4) is 0 Å². The fraction of sp³-hybridized carbons (Fsp3) is 0.438. The molecule has 0 saturated heterocycles. The maximum atomic E-state index is 10.7. The minimum Gasteiger partial charge on any atom is -0.493 e. The molecule has 1 aromatic rings. The number of aliphatic carboxylic acids is 1. The Bertz CT molecular complexity index is 461. The van der Waals surface area contributed by atoms with Gasteiger partial charge in [0.2, 0.25) is 0 Å². The van der Waals surface area contributed by atoms with Crippen LogP contribution in [0, 0.1) is 0 Å². The predicted molar refractivity (Wildman–Crippen MR) is 77.5 cm³/mol. The first-order valence-electron chi connectivity index (χ1n) is 6.79. The average molecular weight is 262 g/mol. The fourth-order valence-electron chi connectivity index (χ4n) is 1.98. The van der Waals surface area contributed by atoms with Gasteiger partial charge >= 0.3 is 5.97 Å². The van der Waals surface area contributed by atoms with Crippen molar-refractivity contribution in [1.82, 2.24) is 0 Å². The minimum atomic E-state index is -0.810. The molecular weight excluding hydrogens is 240 g/mol. The summed E-state index contributed by atoms with van der Waals surface area (Å²) in [6.07, 6.45) is 3.57. The third kappa shape index (κ3) is 4.43. The van der Waals surface area contributed by atoms with Crippen LogP contribution in [0.5, 0.6) is 5.75 Å². The van der Waals surface area contributed by atoms with Crippen LogP contribution < -0.4 is 4.74 Å². The van der Waals surface area contributed by atoms with Crippen molar-refractivity contribution in [3.05, 3.63) is 35.4 Å². The maximum absolute atomic E-state index is 10.7. The van der Waals surface area contributed by atoms with Gasteiger partial charge in [0.1, 0.15) is 5.75 Å². The van der Waals surface area contributed by atoms with Crippen LogP contribution >= 0.6 is 0 Å². The largest absolute Gasteiger partial charge is 0.493 e. The molecule has 0 amide bonds. The molecule has 0 spiro atoms. The zero-order valence-electron chi connectivity index (χ0n) is 11.9. The highest BCUT2D eigenvalue weighted by atomic mass is 16.5. The molecule has 0 heterocycles. The fourth-order valence-corrected chi connectivity index (χ4v) is 1.98. The molecule has 0 saturated carbocycles. The number of ether oxygens (including phenoxy) is 1. The van der Waals surface area contributed by atoms with Crippen molar-refractivity contribution in [2.24, 2.45) is 0 Å². The first-order chi connectivity index (χ1) is 9.12. The normalized spacial score (nSPS) is 11.4. The molecular formula is C16H22O3. The van der Waals surface area contributed by atoms with Crippen molar-refractivity contribution in [3.8, 4) is 5.75 Å². The monoisotopic (exact) mass is 262 g/mol. The van der Waals surface area contributed by atoms with Crippen molar-refractivity contribution >= 4 is 11.5 Å². The van der Waals surface area contributed by atoms with Crippen LogP contribution in [0.2, 0.25) is 0 Å². The Morgan fingerprint density at radius 1 is 1.32 bits per heavy atom. The van der Waals surface area contributed by atoms with E-state index in [4.69, 9.17) is 9.84 Å². The molecule has 1 N–H and O–H groups in total. The van der Waals surface area contributed by atoms with Crippen molar-refractivity contribution in [3.63, 3.8) is 0 Å². The van der Waals surface area contributed by atoms with Crippen molar-refractivity contribution in [2.45, 2.75) is 40.0 Å². The second-order valence-corrected chi connectivity index (χ2v) is 4.30. The molecule has 0 fully saturated rings. The smallest absolute Gasteiger partial charge is 0.307 e. The molecule has 0 aliphatic heterocycles. The van der Waals surface area contributed by atoms with Gasteiger partial charge in [0.25, 0.3) is 0 Å². The molecule has 3 heteroatoms. The van der Waals surface area contributed by atoms with Crippen LogP contribution in [0.1, 0.15) is 44.7 Å². The molecule has 19 heavy (non-hydrogen) atoms. The molecule has 1 aromatic carbocycles. The summed E-state index contributed by atoms with van der Waals surface area (Å²) in [6.45, 7) is 6.69. The van der Waals surface area contributed by atoms with Crippen LogP contribution in [0.15, 0.2) is 24.3 Å². The lowest BCUT2D eigenvalue weighted by atomic mass is 9.98.